The fraction of sp³-hybridized carbons (Fsp3) is 0.875. The third-order valence-corrected chi connectivity index (χ3v) is 2.97. The normalized spacial score (nSPS) is 32.9. The summed E-state index contributed by atoms with van der Waals surface area (Å²) in [7, 11) is 0. The molecule has 2 saturated heterocycles. The molecule has 0 aromatic rings. The lowest BCUT2D eigenvalue weighted by atomic mass is 9.84. The molecule has 2 rings (SSSR count). The van der Waals surface area contributed by atoms with Crippen molar-refractivity contribution in [3.05, 3.63) is 0 Å². The second-order valence-corrected chi connectivity index (χ2v) is 3.57. The van der Waals surface area contributed by atoms with Crippen LogP contribution in [0.1, 0.15) is 19.8 Å². The third-order valence-electron chi connectivity index (χ3n) is 2.97. The van der Waals surface area contributed by atoms with E-state index in [9.17, 15) is 4.79 Å². The molecule has 12 heavy (non-hydrogen) atoms. The topological polar surface area (TPSA) is 32.3 Å². The van der Waals surface area contributed by atoms with Crippen LogP contribution in [-0.4, -0.2) is 36.0 Å². The molecule has 1 amide bonds. The van der Waals surface area contributed by atoms with Crippen LogP contribution in [0.4, 0.5) is 0 Å². The molecule has 0 aliphatic carbocycles. The van der Waals surface area contributed by atoms with E-state index in [0.29, 0.717) is 0 Å². The van der Waals surface area contributed by atoms with Gasteiger partial charge in [-0.25, -0.2) is 0 Å². The molecule has 1 N–H and O–H groups in total. The average Bonchev–Trinajstić information content (AvgIpc) is 2.31. The van der Waals surface area contributed by atoms with Crippen LogP contribution in [0, 0.1) is 0 Å². The van der Waals surface area contributed by atoms with Crippen LogP contribution >= 0.6 is 12.4 Å². The zero-order chi connectivity index (χ0) is 7.90. The Morgan fingerprint density at radius 1 is 1.50 bits per heavy atom. The summed E-state index contributed by atoms with van der Waals surface area (Å²) in [5, 5.41) is 3.31. The maximum atomic E-state index is 11.1. The molecule has 0 saturated carbocycles. The van der Waals surface area contributed by atoms with Crippen LogP contribution in [0.15, 0.2) is 0 Å². The Morgan fingerprint density at radius 3 is 2.58 bits per heavy atom. The zero-order valence-corrected chi connectivity index (χ0v) is 8.12. The van der Waals surface area contributed by atoms with Gasteiger partial charge in [0.25, 0.3) is 0 Å². The molecule has 70 valence electrons. The van der Waals surface area contributed by atoms with Crippen molar-refractivity contribution in [2.24, 2.45) is 0 Å². The number of nitrogens with zero attached hydrogens (tertiary/aromatic N) is 1. The van der Waals surface area contributed by atoms with E-state index in [2.05, 4.69) is 5.32 Å². The second kappa shape index (κ2) is 3.23. The summed E-state index contributed by atoms with van der Waals surface area (Å²) in [6.45, 7) is 4.71. The van der Waals surface area contributed by atoms with Gasteiger partial charge in [-0.05, 0) is 19.4 Å². The molecular formula is C8H15ClN2O. The van der Waals surface area contributed by atoms with Gasteiger partial charge in [-0.3, -0.25) is 4.79 Å². The highest BCUT2D eigenvalue weighted by Gasteiger charge is 2.47. The zero-order valence-electron chi connectivity index (χ0n) is 7.30. The fourth-order valence-electron chi connectivity index (χ4n) is 2.21. The molecule has 2 heterocycles. The first-order valence-electron chi connectivity index (χ1n) is 4.24. The van der Waals surface area contributed by atoms with Crippen molar-refractivity contribution < 1.29 is 4.79 Å². The molecular weight excluding hydrogens is 176 g/mol. The van der Waals surface area contributed by atoms with E-state index in [1.807, 2.05) is 4.90 Å². The Balaban J connectivity index is 0.000000720. The van der Waals surface area contributed by atoms with E-state index in [1.54, 1.807) is 6.92 Å². The van der Waals surface area contributed by atoms with Crippen molar-refractivity contribution in [1.82, 2.24) is 10.2 Å². The number of hydrogen-bond acceptors (Lipinski definition) is 2. The van der Waals surface area contributed by atoms with Gasteiger partial charge in [-0.1, -0.05) is 0 Å². The molecule has 2 fully saturated rings. The van der Waals surface area contributed by atoms with Gasteiger partial charge in [0.2, 0.25) is 5.91 Å². The molecule has 3 nitrogen and oxygen atoms in total. The van der Waals surface area contributed by atoms with E-state index in [0.717, 1.165) is 26.1 Å². The van der Waals surface area contributed by atoms with Crippen LogP contribution < -0.4 is 5.32 Å². The number of amides is 1. The highest BCUT2D eigenvalue weighted by atomic mass is 35.5. The summed E-state index contributed by atoms with van der Waals surface area (Å²) < 4.78 is 0. The van der Waals surface area contributed by atoms with Crippen LogP contribution in [0.5, 0.6) is 0 Å². The van der Waals surface area contributed by atoms with Crippen molar-refractivity contribution in [3.63, 3.8) is 0 Å². The van der Waals surface area contributed by atoms with Gasteiger partial charge in [0, 0.05) is 20.0 Å². The minimum Gasteiger partial charge on any atom is -0.336 e. The quantitative estimate of drug-likeness (QED) is 0.600. The predicted molar refractivity (Wildman–Crippen MR) is 49.5 cm³/mol. The Bertz CT molecular complexity index is 189. The lowest BCUT2D eigenvalue weighted by Gasteiger charge is -2.50. The standard InChI is InChI=1S/C8H14N2O.ClH/c1-7(11)10-5-3-8(10)2-4-9-6-8;/h9H,2-6H2,1H3;1H. The molecule has 0 aromatic heterocycles. The Kier molecular flexibility index (Phi) is 2.64. The molecule has 1 atom stereocenters. The Hall–Kier alpha value is -0.280. The van der Waals surface area contributed by atoms with E-state index in [1.165, 1.54) is 6.42 Å². The van der Waals surface area contributed by atoms with Gasteiger partial charge in [-0.15, -0.1) is 12.4 Å². The first-order valence-corrected chi connectivity index (χ1v) is 4.24. The van der Waals surface area contributed by atoms with Gasteiger partial charge in [0.05, 0.1) is 5.54 Å². The van der Waals surface area contributed by atoms with Gasteiger partial charge in [0.15, 0.2) is 0 Å². The second-order valence-electron chi connectivity index (χ2n) is 3.57. The van der Waals surface area contributed by atoms with Crippen LogP contribution in [0.25, 0.3) is 0 Å². The largest absolute Gasteiger partial charge is 0.336 e. The summed E-state index contributed by atoms with van der Waals surface area (Å²) in [4.78, 5) is 13.1. The number of likely N-dealkylation sites (tertiary alicyclic amines) is 1. The minimum absolute atomic E-state index is 0. The Labute approximate surface area is 78.9 Å². The van der Waals surface area contributed by atoms with Crippen LogP contribution in [0.2, 0.25) is 0 Å². The molecule has 4 heteroatoms. The fourth-order valence-corrected chi connectivity index (χ4v) is 2.21. The maximum absolute atomic E-state index is 11.1. The van der Waals surface area contributed by atoms with E-state index < -0.39 is 0 Å². The lowest BCUT2D eigenvalue weighted by molar-refractivity contribution is -0.143. The van der Waals surface area contributed by atoms with Crippen molar-refractivity contribution >= 4 is 18.3 Å². The number of halogens is 1. The number of carbonyl (C=O) groups excluding carboxylic acids is 1. The molecule has 0 radical (unpaired) electrons. The van der Waals surface area contributed by atoms with Crippen LogP contribution in [-0.2, 0) is 4.79 Å². The van der Waals surface area contributed by atoms with Crippen molar-refractivity contribution in [3.8, 4) is 0 Å². The van der Waals surface area contributed by atoms with Crippen molar-refractivity contribution in [2.75, 3.05) is 19.6 Å². The smallest absolute Gasteiger partial charge is 0.219 e. The molecule has 1 unspecified atom stereocenters. The first-order chi connectivity index (χ1) is 5.25. The highest BCUT2D eigenvalue weighted by molar-refractivity contribution is 5.85. The summed E-state index contributed by atoms with van der Waals surface area (Å²) in [6, 6.07) is 0. The van der Waals surface area contributed by atoms with Gasteiger partial charge in [-0.2, -0.15) is 0 Å². The summed E-state index contributed by atoms with van der Waals surface area (Å²) >= 11 is 0. The molecule has 2 aliphatic heterocycles. The average molecular weight is 191 g/mol. The highest BCUT2D eigenvalue weighted by Crippen LogP contribution is 2.35. The van der Waals surface area contributed by atoms with Gasteiger partial charge < -0.3 is 10.2 Å². The molecule has 0 aromatic carbocycles. The SMILES string of the molecule is CC(=O)N1CCC12CCNC2.Cl. The number of rotatable bonds is 0. The number of nitrogens with one attached hydrogen (secondary N) is 1. The number of hydrogen-bond donors (Lipinski definition) is 1. The van der Waals surface area contributed by atoms with E-state index in [4.69, 9.17) is 0 Å². The summed E-state index contributed by atoms with van der Waals surface area (Å²) in [5.41, 5.74) is 0.228. The van der Waals surface area contributed by atoms with Crippen LogP contribution in [0.3, 0.4) is 0 Å². The van der Waals surface area contributed by atoms with E-state index >= 15 is 0 Å². The van der Waals surface area contributed by atoms with Gasteiger partial charge >= 0.3 is 0 Å². The van der Waals surface area contributed by atoms with E-state index in [-0.39, 0.29) is 23.9 Å². The maximum Gasteiger partial charge on any atom is 0.219 e. The van der Waals surface area contributed by atoms with Crippen molar-refractivity contribution in [1.29, 1.82) is 0 Å². The molecule has 0 bridgehead atoms. The van der Waals surface area contributed by atoms with Crippen molar-refractivity contribution in [2.45, 2.75) is 25.3 Å². The molecule has 1 spiro atoms. The third kappa shape index (κ3) is 1.21. The summed E-state index contributed by atoms with van der Waals surface area (Å²) in [6.07, 6.45) is 2.34. The number of carbonyl (C=O) groups is 1. The monoisotopic (exact) mass is 190 g/mol. The predicted octanol–water partition coefficient (Wildman–Crippen LogP) is 0.393. The minimum atomic E-state index is 0. The summed E-state index contributed by atoms with van der Waals surface area (Å²) in [5.74, 6) is 0.236. The lowest BCUT2D eigenvalue weighted by Crippen LogP contribution is -2.62. The Morgan fingerprint density at radius 2 is 2.25 bits per heavy atom. The first kappa shape index (κ1) is 9.81. The van der Waals surface area contributed by atoms with Gasteiger partial charge in [0.1, 0.15) is 0 Å². The molecule has 2 aliphatic rings.